The number of nitrogens with zero attached hydrogens (tertiary/aromatic N) is 1. The summed E-state index contributed by atoms with van der Waals surface area (Å²) in [7, 11) is 0.750. The van der Waals surface area contributed by atoms with Crippen molar-refractivity contribution in [2.75, 3.05) is 0 Å². The highest BCUT2D eigenvalue weighted by molar-refractivity contribution is 7.26. The van der Waals surface area contributed by atoms with E-state index in [2.05, 4.69) is 10.8 Å². The third-order valence-electron chi connectivity index (χ3n) is 3.82. The molecule has 1 nitrogen and oxygen atoms in total. The van der Waals surface area contributed by atoms with Crippen molar-refractivity contribution >= 4 is 8.35 Å². The monoisotopic (exact) mass is 237 g/mol. The van der Waals surface area contributed by atoms with Crippen LogP contribution >= 0.6 is 8.35 Å². The lowest BCUT2D eigenvalue weighted by atomic mass is 9.94. The predicted molar refractivity (Wildman–Crippen MR) is 72.6 cm³/mol. The Balaban J connectivity index is 1.88. The van der Waals surface area contributed by atoms with Gasteiger partial charge in [-0.1, -0.05) is 51.4 Å². The van der Waals surface area contributed by atoms with Gasteiger partial charge < -0.3 is 0 Å². The molecule has 90 valence electrons. The molecule has 0 spiro atoms. The van der Waals surface area contributed by atoms with Gasteiger partial charge in [-0.05, 0) is 38.5 Å². The first-order valence-electron chi connectivity index (χ1n) is 6.96. The Bertz CT molecular complexity index is 256. The van der Waals surface area contributed by atoms with Gasteiger partial charge in [-0.2, -0.15) is 0 Å². The van der Waals surface area contributed by atoms with Crippen LogP contribution in [0.1, 0.15) is 75.4 Å². The van der Waals surface area contributed by atoms with Gasteiger partial charge in [0.05, 0.1) is 0 Å². The maximum atomic E-state index is 4.36. The first kappa shape index (κ1) is 12.2. The first-order valence-corrected chi connectivity index (χ1v) is 7.91. The van der Waals surface area contributed by atoms with Gasteiger partial charge >= 0.3 is 0 Å². The fourth-order valence-electron chi connectivity index (χ4n) is 2.79. The Morgan fingerprint density at radius 3 is 1.94 bits per heavy atom. The minimum atomic E-state index is 0.750. The molecule has 1 unspecified atom stereocenters. The zero-order chi connectivity index (χ0) is 11.1. The van der Waals surface area contributed by atoms with Crippen LogP contribution in [0.4, 0.5) is 0 Å². The van der Waals surface area contributed by atoms with E-state index in [1.807, 2.05) is 6.20 Å². The van der Waals surface area contributed by atoms with E-state index in [-0.39, 0.29) is 0 Å². The highest BCUT2D eigenvalue weighted by atomic mass is 31.0. The highest BCUT2D eigenvalue weighted by Gasteiger charge is 2.12. The molecule has 1 heterocycles. The molecular formula is C14H24NP. The normalized spacial score (nSPS) is 22.0. The van der Waals surface area contributed by atoms with Gasteiger partial charge in [0.15, 0.2) is 0 Å². The molecule has 2 heteroatoms. The van der Waals surface area contributed by atoms with Crippen molar-refractivity contribution in [2.24, 2.45) is 0 Å². The van der Waals surface area contributed by atoms with Crippen molar-refractivity contribution in [3.63, 3.8) is 0 Å². The van der Waals surface area contributed by atoms with Crippen LogP contribution in [0.3, 0.4) is 0 Å². The molecular weight excluding hydrogens is 213 g/mol. The van der Waals surface area contributed by atoms with Crippen molar-refractivity contribution in [1.29, 1.82) is 0 Å². The van der Waals surface area contributed by atoms with E-state index < -0.39 is 0 Å². The van der Waals surface area contributed by atoms with Gasteiger partial charge in [-0.3, -0.25) is 0 Å². The van der Waals surface area contributed by atoms with Gasteiger partial charge in [0.2, 0.25) is 0 Å². The molecule has 0 bridgehead atoms. The number of hydrogen-bond acceptors (Lipinski definition) is 1. The maximum absolute atomic E-state index is 4.36. The summed E-state index contributed by atoms with van der Waals surface area (Å²) in [5.41, 5.74) is 0. The fraction of sp³-hybridized carbons (Fsp3) is 0.786. The van der Waals surface area contributed by atoms with Crippen molar-refractivity contribution in [3.8, 4) is 0 Å². The van der Waals surface area contributed by atoms with E-state index in [0.29, 0.717) is 0 Å². The van der Waals surface area contributed by atoms with Crippen molar-refractivity contribution < 1.29 is 0 Å². The molecule has 1 atom stereocenters. The average molecular weight is 237 g/mol. The van der Waals surface area contributed by atoms with Crippen LogP contribution in [0.25, 0.3) is 0 Å². The Morgan fingerprint density at radius 2 is 1.44 bits per heavy atom. The number of hydrogen-bond donors (Lipinski definition) is 0. The predicted octanol–water partition coefficient (Wildman–Crippen LogP) is 5.11. The molecule has 1 aliphatic rings. The summed E-state index contributed by atoms with van der Waals surface area (Å²) in [5, 5.41) is 1.64. The quantitative estimate of drug-likeness (QED) is 0.661. The topological polar surface area (TPSA) is 12.9 Å². The first-order chi connectivity index (χ1) is 7.97. The molecule has 0 N–H and O–H groups in total. The molecule has 1 saturated carbocycles. The zero-order valence-corrected chi connectivity index (χ0v) is 11.3. The molecule has 1 fully saturated rings. The Kier molecular flexibility index (Phi) is 5.42. The van der Waals surface area contributed by atoms with Crippen molar-refractivity contribution in [2.45, 2.75) is 70.1 Å². The van der Waals surface area contributed by atoms with Crippen LogP contribution in [0.2, 0.25) is 0 Å². The fourth-order valence-corrected chi connectivity index (χ4v) is 3.71. The third kappa shape index (κ3) is 3.94. The van der Waals surface area contributed by atoms with Crippen LogP contribution in [0.5, 0.6) is 0 Å². The smallest absolute Gasteiger partial charge is 0.0312 e. The second kappa shape index (κ2) is 7.12. The van der Waals surface area contributed by atoms with Crippen LogP contribution in [-0.4, -0.2) is 4.75 Å². The SMILES string of the molecule is c1cc(C2CCCCCCCCCC2)[pH]n1. The van der Waals surface area contributed by atoms with Gasteiger partial charge in [-0.25, -0.2) is 4.75 Å². The Hall–Kier alpha value is -0.290. The molecule has 1 aromatic heterocycles. The van der Waals surface area contributed by atoms with E-state index in [1.165, 1.54) is 64.2 Å². The molecule has 0 amide bonds. The summed E-state index contributed by atoms with van der Waals surface area (Å²) in [6.07, 6.45) is 16.5. The van der Waals surface area contributed by atoms with E-state index >= 15 is 0 Å². The highest BCUT2D eigenvalue weighted by Crippen LogP contribution is 2.33. The van der Waals surface area contributed by atoms with E-state index in [0.717, 1.165) is 14.3 Å². The van der Waals surface area contributed by atoms with Crippen LogP contribution in [-0.2, 0) is 0 Å². The molecule has 0 radical (unpaired) electrons. The summed E-state index contributed by atoms with van der Waals surface area (Å²) >= 11 is 0. The van der Waals surface area contributed by atoms with Gasteiger partial charge in [0.1, 0.15) is 0 Å². The Morgan fingerprint density at radius 1 is 0.875 bits per heavy atom. The number of aromatic nitrogens is 1. The summed E-state index contributed by atoms with van der Waals surface area (Å²) in [4.78, 5) is 0. The maximum Gasteiger partial charge on any atom is 0.0312 e. The average Bonchev–Trinajstić information content (AvgIpc) is 2.79. The number of rotatable bonds is 1. The Labute approximate surface area is 101 Å². The van der Waals surface area contributed by atoms with Gasteiger partial charge in [0, 0.05) is 6.20 Å². The lowest BCUT2D eigenvalue weighted by Gasteiger charge is -2.14. The molecule has 0 saturated heterocycles. The minimum absolute atomic E-state index is 0.750. The van der Waals surface area contributed by atoms with Gasteiger partial charge in [0.25, 0.3) is 0 Å². The second-order valence-electron chi connectivity index (χ2n) is 5.11. The van der Waals surface area contributed by atoms with Crippen LogP contribution in [0.15, 0.2) is 12.3 Å². The van der Waals surface area contributed by atoms with Crippen LogP contribution in [0, 0.1) is 0 Å². The largest absolute Gasteiger partial charge is 0.249 e. The summed E-state index contributed by atoms with van der Waals surface area (Å²) in [5.74, 6) is 0.860. The summed E-state index contributed by atoms with van der Waals surface area (Å²) in [6.45, 7) is 0. The molecule has 1 aliphatic carbocycles. The third-order valence-corrected chi connectivity index (χ3v) is 4.93. The van der Waals surface area contributed by atoms with E-state index in [4.69, 9.17) is 0 Å². The lowest BCUT2D eigenvalue weighted by Crippen LogP contribution is -1.96. The molecule has 16 heavy (non-hydrogen) atoms. The summed E-state index contributed by atoms with van der Waals surface area (Å²) < 4.78 is 4.36. The lowest BCUT2D eigenvalue weighted by molar-refractivity contribution is 0.520. The van der Waals surface area contributed by atoms with Crippen molar-refractivity contribution in [3.05, 3.63) is 17.6 Å². The summed E-state index contributed by atoms with van der Waals surface area (Å²) in [6, 6.07) is 2.28. The minimum Gasteiger partial charge on any atom is -0.249 e. The zero-order valence-electron chi connectivity index (χ0n) is 10.3. The van der Waals surface area contributed by atoms with Crippen LogP contribution < -0.4 is 0 Å². The second-order valence-corrected chi connectivity index (χ2v) is 6.17. The van der Waals surface area contributed by atoms with Crippen molar-refractivity contribution in [1.82, 2.24) is 4.75 Å². The molecule has 2 rings (SSSR count). The van der Waals surface area contributed by atoms with E-state index in [1.54, 1.807) is 5.30 Å². The molecule has 0 aliphatic heterocycles. The van der Waals surface area contributed by atoms with Gasteiger partial charge in [-0.15, -0.1) is 0 Å². The standard InChI is InChI=1S/C14H24NP/c1-2-4-6-8-10-13(9-7-5-3-1)14-11-12-15-16-14/h11-13,16H,1-10H2. The molecule has 0 aromatic carbocycles. The van der Waals surface area contributed by atoms with E-state index in [9.17, 15) is 0 Å². The molecule has 1 aromatic rings.